The van der Waals surface area contributed by atoms with E-state index in [0.717, 1.165) is 29.9 Å². The predicted octanol–water partition coefficient (Wildman–Crippen LogP) is 3.56. The molecule has 2 N–H and O–H groups in total. The number of aromatic nitrogens is 3. The lowest BCUT2D eigenvalue weighted by molar-refractivity contribution is 0.414. The number of halogens is 2. The lowest BCUT2D eigenvalue weighted by Gasteiger charge is -2.09. The van der Waals surface area contributed by atoms with Crippen molar-refractivity contribution in [2.45, 2.75) is 6.42 Å². The van der Waals surface area contributed by atoms with E-state index in [1.807, 2.05) is 24.3 Å². The molecule has 1 heterocycles. The summed E-state index contributed by atoms with van der Waals surface area (Å²) in [6, 6.07) is 11.3. The van der Waals surface area contributed by atoms with Gasteiger partial charge in [0.05, 0.1) is 13.3 Å². The molecule has 2 aromatic carbocycles. The lowest BCUT2D eigenvalue weighted by atomic mass is 10.1. The monoisotopic (exact) mass is 357 g/mol. The molecule has 0 saturated heterocycles. The van der Waals surface area contributed by atoms with Crippen LogP contribution in [0.2, 0.25) is 0 Å². The highest BCUT2D eigenvalue weighted by Gasteiger charge is 2.10. The molecule has 0 aliphatic rings. The highest BCUT2D eigenvalue weighted by atomic mass is 19.1. The van der Waals surface area contributed by atoms with Crippen LogP contribution in [-0.2, 0) is 6.42 Å². The van der Waals surface area contributed by atoms with Crippen molar-refractivity contribution in [1.82, 2.24) is 15.2 Å². The largest absolute Gasteiger partial charge is 0.497 e. The molecule has 0 saturated carbocycles. The summed E-state index contributed by atoms with van der Waals surface area (Å²) in [6.07, 6.45) is 2.20. The van der Waals surface area contributed by atoms with Gasteiger partial charge in [-0.25, -0.2) is 8.78 Å². The van der Waals surface area contributed by atoms with Gasteiger partial charge in [0.2, 0.25) is 5.95 Å². The van der Waals surface area contributed by atoms with Gasteiger partial charge in [-0.05, 0) is 36.2 Å². The fourth-order valence-corrected chi connectivity index (χ4v) is 2.30. The summed E-state index contributed by atoms with van der Waals surface area (Å²) in [4.78, 5) is 4.16. The first-order valence-corrected chi connectivity index (χ1v) is 7.93. The summed E-state index contributed by atoms with van der Waals surface area (Å²) < 4.78 is 32.5. The van der Waals surface area contributed by atoms with E-state index >= 15 is 0 Å². The van der Waals surface area contributed by atoms with Crippen LogP contribution in [-0.4, -0.2) is 28.8 Å². The zero-order valence-electron chi connectivity index (χ0n) is 14.0. The Hall–Kier alpha value is -3.29. The van der Waals surface area contributed by atoms with Crippen molar-refractivity contribution in [3.8, 4) is 5.75 Å². The van der Waals surface area contributed by atoms with E-state index in [2.05, 4.69) is 25.8 Å². The normalized spacial score (nSPS) is 10.4. The van der Waals surface area contributed by atoms with Gasteiger partial charge in [-0.15, -0.1) is 5.10 Å². The molecule has 0 amide bonds. The molecule has 26 heavy (non-hydrogen) atoms. The Morgan fingerprint density at radius 1 is 1.04 bits per heavy atom. The van der Waals surface area contributed by atoms with Crippen LogP contribution in [0.25, 0.3) is 0 Å². The van der Waals surface area contributed by atoms with E-state index in [9.17, 15) is 8.78 Å². The van der Waals surface area contributed by atoms with Gasteiger partial charge < -0.3 is 15.4 Å². The first-order valence-electron chi connectivity index (χ1n) is 7.93. The Kier molecular flexibility index (Phi) is 5.52. The summed E-state index contributed by atoms with van der Waals surface area (Å²) in [5.74, 6) is -0.202. The van der Waals surface area contributed by atoms with Crippen LogP contribution < -0.4 is 15.4 Å². The lowest BCUT2D eigenvalue weighted by Crippen LogP contribution is -2.09. The highest BCUT2D eigenvalue weighted by Crippen LogP contribution is 2.21. The fourth-order valence-electron chi connectivity index (χ4n) is 2.30. The summed E-state index contributed by atoms with van der Waals surface area (Å²) >= 11 is 0. The molecule has 0 spiro atoms. The van der Waals surface area contributed by atoms with Crippen molar-refractivity contribution in [1.29, 1.82) is 0 Å². The Morgan fingerprint density at radius 2 is 1.77 bits per heavy atom. The van der Waals surface area contributed by atoms with Gasteiger partial charge in [-0.1, -0.05) is 18.2 Å². The third-order valence-corrected chi connectivity index (χ3v) is 3.64. The first-order chi connectivity index (χ1) is 12.7. The van der Waals surface area contributed by atoms with E-state index in [4.69, 9.17) is 4.74 Å². The molecule has 8 heteroatoms. The van der Waals surface area contributed by atoms with Crippen LogP contribution in [0.4, 0.5) is 26.2 Å². The van der Waals surface area contributed by atoms with Crippen LogP contribution in [0.3, 0.4) is 0 Å². The molecule has 1 aromatic heterocycles. The molecule has 0 unspecified atom stereocenters. The molecule has 3 rings (SSSR count). The second-order valence-electron chi connectivity index (χ2n) is 5.41. The van der Waals surface area contributed by atoms with Gasteiger partial charge in [-0.2, -0.15) is 10.1 Å². The molecule has 0 fully saturated rings. The van der Waals surface area contributed by atoms with Gasteiger partial charge in [0, 0.05) is 6.54 Å². The van der Waals surface area contributed by atoms with Crippen molar-refractivity contribution >= 4 is 17.5 Å². The van der Waals surface area contributed by atoms with E-state index in [1.54, 1.807) is 7.11 Å². The van der Waals surface area contributed by atoms with Crippen molar-refractivity contribution in [3.63, 3.8) is 0 Å². The number of ether oxygens (including phenoxy) is 1. The zero-order chi connectivity index (χ0) is 18.4. The summed E-state index contributed by atoms with van der Waals surface area (Å²) in [6.45, 7) is 0.610. The number of rotatable bonds is 7. The Bertz CT molecular complexity index is 853. The second-order valence-corrected chi connectivity index (χ2v) is 5.41. The number of methoxy groups -OCH3 is 1. The minimum Gasteiger partial charge on any atom is -0.497 e. The number of para-hydroxylation sites is 1. The standard InChI is InChI=1S/C18H17F2N5O/c1-26-13-7-5-12(6-8-13)9-10-21-16-11-22-25-18(23-16)24-17-14(19)3-2-4-15(17)20/h2-8,11H,9-10H2,1H3,(H2,21,23,24,25). The third-order valence-electron chi connectivity index (χ3n) is 3.64. The van der Waals surface area contributed by atoms with Gasteiger partial charge in [-0.3, -0.25) is 0 Å². The van der Waals surface area contributed by atoms with Gasteiger partial charge >= 0.3 is 0 Å². The number of nitrogens with one attached hydrogen (secondary N) is 2. The summed E-state index contributed by atoms with van der Waals surface area (Å²) in [7, 11) is 1.62. The maximum absolute atomic E-state index is 13.7. The van der Waals surface area contributed by atoms with Gasteiger partial charge in [0.1, 0.15) is 23.1 Å². The molecule has 0 bridgehead atoms. The zero-order valence-corrected chi connectivity index (χ0v) is 14.0. The molecule has 0 aliphatic carbocycles. The van der Waals surface area contributed by atoms with Crippen LogP contribution in [0.5, 0.6) is 5.75 Å². The minimum atomic E-state index is -0.730. The maximum atomic E-state index is 13.7. The van der Waals surface area contributed by atoms with Crippen molar-refractivity contribution in [2.24, 2.45) is 0 Å². The van der Waals surface area contributed by atoms with E-state index < -0.39 is 11.6 Å². The SMILES string of the molecule is COc1ccc(CCNc2cnnc(Nc3c(F)cccc3F)n2)cc1. The molecule has 6 nitrogen and oxygen atoms in total. The van der Waals surface area contributed by atoms with Crippen molar-refractivity contribution < 1.29 is 13.5 Å². The Labute approximate surface area is 149 Å². The highest BCUT2D eigenvalue weighted by molar-refractivity contribution is 5.55. The smallest absolute Gasteiger partial charge is 0.249 e. The topological polar surface area (TPSA) is 72.0 Å². The quantitative estimate of drug-likeness (QED) is 0.674. The van der Waals surface area contributed by atoms with Gasteiger partial charge in [0.25, 0.3) is 0 Å². The average molecular weight is 357 g/mol. The number of benzene rings is 2. The van der Waals surface area contributed by atoms with E-state index in [1.165, 1.54) is 12.3 Å². The Morgan fingerprint density at radius 3 is 2.46 bits per heavy atom. The van der Waals surface area contributed by atoms with E-state index in [0.29, 0.717) is 12.4 Å². The summed E-state index contributed by atoms with van der Waals surface area (Å²) in [5.41, 5.74) is 0.816. The molecule has 0 aliphatic heterocycles. The average Bonchev–Trinajstić information content (AvgIpc) is 2.66. The molecule has 0 radical (unpaired) electrons. The molecule has 134 valence electrons. The third kappa shape index (κ3) is 4.41. The molecular weight excluding hydrogens is 340 g/mol. The van der Waals surface area contributed by atoms with Crippen LogP contribution >= 0.6 is 0 Å². The van der Waals surface area contributed by atoms with Crippen LogP contribution in [0.15, 0.2) is 48.7 Å². The minimum absolute atomic E-state index is 0.00319. The second kappa shape index (κ2) is 8.19. The van der Waals surface area contributed by atoms with Crippen LogP contribution in [0.1, 0.15) is 5.56 Å². The first kappa shape index (κ1) is 17.5. The molecule has 3 aromatic rings. The van der Waals surface area contributed by atoms with E-state index in [-0.39, 0.29) is 11.6 Å². The number of hydrogen-bond acceptors (Lipinski definition) is 6. The fraction of sp³-hybridized carbons (Fsp3) is 0.167. The van der Waals surface area contributed by atoms with Crippen LogP contribution in [0, 0.1) is 11.6 Å². The maximum Gasteiger partial charge on any atom is 0.249 e. The Balaban J connectivity index is 1.60. The van der Waals surface area contributed by atoms with Crippen molar-refractivity contribution in [2.75, 3.05) is 24.3 Å². The summed E-state index contributed by atoms with van der Waals surface area (Å²) in [5, 5.41) is 13.2. The molecule has 0 atom stereocenters. The van der Waals surface area contributed by atoms with Gasteiger partial charge in [0.15, 0.2) is 5.82 Å². The number of hydrogen-bond donors (Lipinski definition) is 2. The number of nitrogens with zero attached hydrogens (tertiary/aromatic N) is 3. The predicted molar refractivity (Wildman–Crippen MR) is 94.7 cm³/mol. The number of anilines is 3. The van der Waals surface area contributed by atoms with Crippen molar-refractivity contribution in [3.05, 3.63) is 65.9 Å². The molecular formula is C18H17F2N5O.